The predicted octanol–water partition coefficient (Wildman–Crippen LogP) is 3.29. The van der Waals surface area contributed by atoms with Gasteiger partial charge in [-0.2, -0.15) is 0 Å². The van der Waals surface area contributed by atoms with E-state index in [4.69, 9.17) is 8.83 Å². The van der Waals surface area contributed by atoms with Gasteiger partial charge >= 0.3 is 0 Å². The Balaban J connectivity index is 1.81. The van der Waals surface area contributed by atoms with E-state index in [-0.39, 0.29) is 0 Å². The van der Waals surface area contributed by atoms with Crippen molar-refractivity contribution in [1.29, 1.82) is 0 Å². The van der Waals surface area contributed by atoms with Gasteiger partial charge in [0.15, 0.2) is 0 Å². The van der Waals surface area contributed by atoms with E-state index in [0.29, 0.717) is 5.92 Å². The number of hydrogen-bond acceptors (Lipinski definition) is 3. The van der Waals surface area contributed by atoms with Gasteiger partial charge in [0.25, 0.3) is 0 Å². The van der Waals surface area contributed by atoms with E-state index in [2.05, 4.69) is 19.2 Å². The Morgan fingerprint density at radius 3 is 2.56 bits per heavy atom. The quantitative estimate of drug-likeness (QED) is 0.838. The standard InChI is InChI=1S/C13H17NO2/c1-10(2)13-6-5-12(16-13)9-14-8-11-4-3-7-15-11/h3-7,10,14H,8-9H2,1-2H3. The maximum Gasteiger partial charge on any atom is 0.117 e. The highest BCUT2D eigenvalue weighted by atomic mass is 16.3. The molecule has 0 spiro atoms. The lowest BCUT2D eigenvalue weighted by Gasteiger charge is -2.01. The first-order chi connectivity index (χ1) is 7.75. The SMILES string of the molecule is CC(C)c1ccc(CNCc2ccco2)o1. The molecule has 2 rings (SSSR count). The third-order valence-corrected chi connectivity index (χ3v) is 2.43. The lowest BCUT2D eigenvalue weighted by atomic mass is 10.2. The minimum Gasteiger partial charge on any atom is -0.468 e. The van der Waals surface area contributed by atoms with Gasteiger partial charge in [-0.3, -0.25) is 0 Å². The van der Waals surface area contributed by atoms with Gasteiger partial charge < -0.3 is 14.2 Å². The van der Waals surface area contributed by atoms with E-state index < -0.39 is 0 Å². The van der Waals surface area contributed by atoms with Crippen LogP contribution in [-0.4, -0.2) is 0 Å². The molecule has 1 N–H and O–H groups in total. The molecule has 0 fully saturated rings. The van der Waals surface area contributed by atoms with Gasteiger partial charge in [-0.1, -0.05) is 13.8 Å². The summed E-state index contributed by atoms with van der Waals surface area (Å²) in [5, 5.41) is 3.27. The monoisotopic (exact) mass is 219 g/mol. The van der Waals surface area contributed by atoms with Crippen molar-refractivity contribution in [1.82, 2.24) is 5.32 Å². The molecule has 3 nitrogen and oxygen atoms in total. The molecular weight excluding hydrogens is 202 g/mol. The second-order valence-corrected chi connectivity index (χ2v) is 4.14. The lowest BCUT2D eigenvalue weighted by Crippen LogP contribution is -2.11. The second-order valence-electron chi connectivity index (χ2n) is 4.14. The summed E-state index contributed by atoms with van der Waals surface area (Å²) in [5.41, 5.74) is 0. The van der Waals surface area contributed by atoms with Crippen molar-refractivity contribution in [2.45, 2.75) is 32.9 Å². The average molecular weight is 219 g/mol. The van der Waals surface area contributed by atoms with Crippen LogP contribution in [0.25, 0.3) is 0 Å². The van der Waals surface area contributed by atoms with Crippen molar-refractivity contribution < 1.29 is 8.83 Å². The van der Waals surface area contributed by atoms with Crippen molar-refractivity contribution in [3.05, 3.63) is 47.8 Å². The largest absolute Gasteiger partial charge is 0.468 e. The van der Waals surface area contributed by atoms with Gasteiger partial charge in [-0.05, 0) is 24.3 Å². The molecule has 0 amide bonds. The molecule has 0 bridgehead atoms. The minimum absolute atomic E-state index is 0.443. The maximum atomic E-state index is 5.67. The first-order valence-electron chi connectivity index (χ1n) is 5.57. The maximum absolute atomic E-state index is 5.67. The lowest BCUT2D eigenvalue weighted by molar-refractivity contribution is 0.421. The number of nitrogens with one attached hydrogen (secondary N) is 1. The molecule has 0 aromatic carbocycles. The van der Waals surface area contributed by atoms with E-state index >= 15 is 0 Å². The molecule has 0 saturated heterocycles. The molecular formula is C13H17NO2. The summed E-state index contributed by atoms with van der Waals surface area (Å²) in [6, 6.07) is 7.90. The van der Waals surface area contributed by atoms with E-state index in [9.17, 15) is 0 Å². The van der Waals surface area contributed by atoms with Crippen molar-refractivity contribution in [2.75, 3.05) is 0 Å². The van der Waals surface area contributed by atoms with Crippen LogP contribution in [0.5, 0.6) is 0 Å². The number of hydrogen-bond donors (Lipinski definition) is 1. The van der Waals surface area contributed by atoms with E-state index in [1.54, 1.807) is 6.26 Å². The molecule has 16 heavy (non-hydrogen) atoms. The number of rotatable bonds is 5. The van der Waals surface area contributed by atoms with Crippen LogP contribution in [-0.2, 0) is 13.1 Å². The summed E-state index contributed by atoms with van der Waals surface area (Å²) >= 11 is 0. The highest BCUT2D eigenvalue weighted by molar-refractivity contribution is 5.10. The Morgan fingerprint density at radius 1 is 1.12 bits per heavy atom. The minimum atomic E-state index is 0.443. The van der Waals surface area contributed by atoms with Gasteiger partial charge in [0.1, 0.15) is 17.3 Å². The van der Waals surface area contributed by atoms with Gasteiger partial charge in [-0.15, -0.1) is 0 Å². The third-order valence-electron chi connectivity index (χ3n) is 2.43. The van der Waals surface area contributed by atoms with Crippen LogP contribution < -0.4 is 5.32 Å². The highest BCUT2D eigenvalue weighted by Crippen LogP contribution is 2.17. The molecule has 2 aromatic rings. The zero-order chi connectivity index (χ0) is 11.4. The molecule has 0 aliphatic rings. The Bertz CT molecular complexity index is 415. The van der Waals surface area contributed by atoms with Crippen LogP contribution in [0.15, 0.2) is 39.4 Å². The smallest absolute Gasteiger partial charge is 0.117 e. The molecule has 0 radical (unpaired) electrons. The van der Waals surface area contributed by atoms with Crippen molar-refractivity contribution >= 4 is 0 Å². The van der Waals surface area contributed by atoms with Crippen molar-refractivity contribution in [3.63, 3.8) is 0 Å². The highest BCUT2D eigenvalue weighted by Gasteiger charge is 2.05. The fraction of sp³-hybridized carbons (Fsp3) is 0.385. The topological polar surface area (TPSA) is 38.3 Å². The van der Waals surface area contributed by atoms with Crippen LogP contribution in [0.2, 0.25) is 0 Å². The Morgan fingerprint density at radius 2 is 1.94 bits per heavy atom. The third kappa shape index (κ3) is 2.76. The zero-order valence-electron chi connectivity index (χ0n) is 9.69. The fourth-order valence-corrected chi connectivity index (χ4v) is 1.52. The van der Waals surface area contributed by atoms with Crippen LogP contribution >= 0.6 is 0 Å². The summed E-state index contributed by atoms with van der Waals surface area (Å²) in [4.78, 5) is 0. The van der Waals surface area contributed by atoms with Gasteiger partial charge in [-0.25, -0.2) is 0 Å². The van der Waals surface area contributed by atoms with Gasteiger partial charge in [0.05, 0.1) is 19.4 Å². The first-order valence-corrected chi connectivity index (χ1v) is 5.57. The van der Waals surface area contributed by atoms with E-state index in [1.807, 2.05) is 24.3 Å². The van der Waals surface area contributed by atoms with Crippen LogP contribution in [0.3, 0.4) is 0 Å². The number of furan rings is 2. The molecule has 0 aliphatic heterocycles. The predicted molar refractivity (Wildman–Crippen MR) is 62.0 cm³/mol. The van der Waals surface area contributed by atoms with Crippen molar-refractivity contribution in [2.24, 2.45) is 0 Å². The molecule has 86 valence electrons. The second kappa shape index (κ2) is 5.03. The first kappa shape index (κ1) is 11.0. The molecule has 2 aromatic heterocycles. The van der Waals surface area contributed by atoms with Crippen LogP contribution in [0.1, 0.15) is 37.0 Å². The fourth-order valence-electron chi connectivity index (χ4n) is 1.52. The Hall–Kier alpha value is -1.48. The molecule has 0 aliphatic carbocycles. The Labute approximate surface area is 95.5 Å². The normalized spacial score (nSPS) is 11.2. The van der Waals surface area contributed by atoms with E-state index in [1.165, 1.54) is 0 Å². The molecule has 0 saturated carbocycles. The summed E-state index contributed by atoms with van der Waals surface area (Å²) in [6.45, 7) is 5.70. The van der Waals surface area contributed by atoms with Crippen LogP contribution in [0.4, 0.5) is 0 Å². The van der Waals surface area contributed by atoms with Gasteiger partial charge in [0, 0.05) is 5.92 Å². The molecule has 0 unspecified atom stereocenters. The molecule has 2 heterocycles. The van der Waals surface area contributed by atoms with E-state index in [0.717, 1.165) is 30.4 Å². The Kier molecular flexibility index (Phi) is 3.47. The summed E-state index contributed by atoms with van der Waals surface area (Å²) in [5.74, 6) is 3.39. The summed E-state index contributed by atoms with van der Waals surface area (Å²) < 4.78 is 10.9. The molecule has 3 heteroatoms. The summed E-state index contributed by atoms with van der Waals surface area (Å²) in [7, 11) is 0. The van der Waals surface area contributed by atoms with Gasteiger partial charge in [0.2, 0.25) is 0 Å². The van der Waals surface area contributed by atoms with Crippen molar-refractivity contribution in [3.8, 4) is 0 Å². The molecule has 0 atom stereocenters. The zero-order valence-corrected chi connectivity index (χ0v) is 9.69. The van der Waals surface area contributed by atoms with Crippen LogP contribution in [0, 0.1) is 0 Å². The average Bonchev–Trinajstić information content (AvgIpc) is 2.87. The summed E-state index contributed by atoms with van der Waals surface area (Å²) in [6.07, 6.45) is 1.68.